The van der Waals surface area contributed by atoms with E-state index >= 15 is 0 Å². The lowest BCUT2D eigenvalue weighted by Crippen LogP contribution is -2.24. The van der Waals surface area contributed by atoms with Gasteiger partial charge in [-0.15, -0.1) is 0 Å². The van der Waals surface area contributed by atoms with Crippen LogP contribution in [0.15, 0.2) is 127 Å². The van der Waals surface area contributed by atoms with Crippen LogP contribution in [0.5, 0.6) is 0 Å². The van der Waals surface area contributed by atoms with E-state index in [0.29, 0.717) is 39.1 Å². The maximum absolute atomic E-state index is 12.7. The van der Waals surface area contributed by atoms with E-state index < -0.39 is 0 Å². The zero-order valence-corrected chi connectivity index (χ0v) is 32.6. The maximum Gasteiger partial charge on any atom is 0.254 e. The number of Topliss-reactive ketones (excluding diaryl/α,β-unsaturated/α-hetero) is 2. The van der Waals surface area contributed by atoms with Gasteiger partial charge in [-0.25, -0.2) is 0 Å². The molecule has 2 aliphatic rings. The average molecular weight is 765 g/mol. The summed E-state index contributed by atoms with van der Waals surface area (Å²) in [6.07, 6.45) is 6.16. The van der Waals surface area contributed by atoms with E-state index in [2.05, 4.69) is 36.4 Å². The highest BCUT2D eigenvalue weighted by Gasteiger charge is 2.28. The van der Waals surface area contributed by atoms with E-state index in [1.54, 1.807) is 0 Å². The summed E-state index contributed by atoms with van der Waals surface area (Å²) in [5.74, 6) is 0.239. The van der Waals surface area contributed by atoms with Crippen LogP contribution in [-0.4, -0.2) is 64.6 Å². The highest BCUT2D eigenvalue weighted by molar-refractivity contribution is 5.99. The number of carbonyl (C=O) groups is 4. The number of carbonyl (C=O) groups excluding carboxylic acids is 4. The first-order valence-corrected chi connectivity index (χ1v) is 20.1. The van der Waals surface area contributed by atoms with Crippen LogP contribution in [0.4, 0.5) is 0 Å². The molecular formula is C49H52N2O6. The molecule has 0 aliphatic carbocycles. The molecule has 0 saturated heterocycles. The van der Waals surface area contributed by atoms with Gasteiger partial charge in [0.05, 0.1) is 6.61 Å². The van der Waals surface area contributed by atoms with E-state index in [1.807, 2.05) is 101 Å². The monoisotopic (exact) mass is 764 g/mol. The lowest BCUT2D eigenvalue weighted by Gasteiger charge is -2.15. The van der Waals surface area contributed by atoms with Gasteiger partial charge < -0.3 is 19.6 Å². The number of aliphatic hydroxyl groups is 1. The molecule has 0 atom stereocenters. The fourth-order valence-corrected chi connectivity index (χ4v) is 7.35. The third-order valence-corrected chi connectivity index (χ3v) is 10.5. The van der Waals surface area contributed by atoms with Crippen LogP contribution in [0.3, 0.4) is 0 Å². The number of amides is 2. The molecule has 7 rings (SSSR count). The van der Waals surface area contributed by atoms with Gasteiger partial charge in [-0.05, 0) is 88.9 Å². The predicted molar refractivity (Wildman–Crippen MR) is 223 cm³/mol. The number of rotatable bonds is 19. The summed E-state index contributed by atoms with van der Waals surface area (Å²) in [5, 5.41) is 8.70. The Morgan fingerprint density at radius 2 is 0.982 bits per heavy atom. The van der Waals surface area contributed by atoms with Crippen LogP contribution in [0.2, 0.25) is 0 Å². The predicted octanol–water partition coefficient (Wildman–Crippen LogP) is 9.09. The molecule has 0 bridgehead atoms. The molecule has 5 aromatic carbocycles. The molecule has 2 aliphatic heterocycles. The fraction of sp³-hybridized carbons (Fsp3) is 0.306. The molecule has 0 spiro atoms. The lowest BCUT2D eigenvalue weighted by atomic mass is 10.0. The molecule has 0 saturated carbocycles. The molecule has 0 radical (unpaired) electrons. The summed E-state index contributed by atoms with van der Waals surface area (Å²) in [6, 6.07) is 42.5. The van der Waals surface area contributed by atoms with E-state index in [0.717, 1.165) is 89.6 Å². The van der Waals surface area contributed by atoms with Crippen molar-refractivity contribution in [2.75, 3.05) is 26.3 Å². The summed E-state index contributed by atoms with van der Waals surface area (Å²) in [5.41, 5.74) is 9.48. The van der Waals surface area contributed by atoms with Gasteiger partial charge in [0.15, 0.2) is 11.6 Å². The quantitative estimate of drug-likeness (QED) is 0.0842. The summed E-state index contributed by atoms with van der Waals surface area (Å²) < 4.78 is 5.51. The van der Waals surface area contributed by atoms with E-state index in [1.165, 1.54) is 5.56 Å². The number of hydrogen-bond acceptors (Lipinski definition) is 6. The zero-order chi connectivity index (χ0) is 39.8. The standard InChI is InChI=1S/C28H29NO3.C21H23NO3/c30-26(21-32-20-22-10-4-1-5-11-22)14-8-3-9-17-29-19-25-18-24(15-16-27(25)28(29)31)23-12-6-2-7-13-23;23-15-19(24)9-5-2-6-12-22-14-18-13-17(10-11-20(18)21(22)25)16-7-3-1-4-8-16/h1-2,4-7,10-13,15-16,18H,3,8-9,14,17,19-21H2;1,3-4,7-8,10-11,13,23H,2,5-6,9,12,14-15H2. The van der Waals surface area contributed by atoms with Crippen molar-refractivity contribution in [1.29, 1.82) is 0 Å². The SMILES string of the molecule is O=C(CCCCCN1Cc2cc(-c3ccccc3)ccc2C1=O)COCc1ccccc1.O=C(CO)CCCCCN1Cc2cc(-c3ccccc3)ccc2C1=O. The first-order valence-electron chi connectivity index (χ1n) is 20.1. The third kappa shape index (κ3) is 11.7. The van der Waals surface area contributed by atoms with Gasteiger partial charge in [-0.3, -0.25) is 19.2 Å². The molecule has 0 aromatic heterocycles. The number of nitrogens with zero attached hydrogens (tertiary/aromatic N) is 2. The normalized spacial score (nSPS) is 12.9. The van der Waals surface area contributed by atoms with Crippen molar-refractivity contribution in [3.05, 3.63) is 155 Å². The largest absolute Gasteiger partial charge is 0.389 e. The highest BCUT2D eigenvalue weighted by Crippen LogP contribution is 2.30. The van der Waals surface area contributed by atoms with Gasteiger partial charge in [-0.1, -0.05) is 116 Å². The summed E-state index contributed by atoms with van der Waals surface area (Å²) >= 11 is 0. The Hall–Kier alpha value is -5.70. The second kappa shape index (κ2) is 21.0. The van der Waals surface area contributed by atoms with Crippen LogP contribution < -0.4 is 0 Å². The number of ether oxygens (including phenoxy) is 1. The molecule has 8 heteroatoms. The smallest absolute Gasteiger partial charge is 0.254 e. The first-order chi connectivity index (χ1) is 27.9. The van der Waals surface area contributed by atoms with Crippen LogP contribution in [0.25, 0.3) is 22.3 Å². The minimum atomic E-state index is -0.371. The zero-order valence-electron chi connectivity index (χ0n) is 32.6. The number of hydrogen-bond donors (Lipinski definition) is 1. The van der Waals surface area contributed by atoms with Crippen LogP contribution in [-0.2, 0) is 34.0 Å². The van der Waals surface area contributed by atoms with Gasteiger partial charge in [0.2, 0.25) is 0 Å². The Morgan fingerprint density at radius 3 is 1.46 bits per heavy atom. The molecule has 2 heterocycles. The summed E-state index contributed by atoms with van der Waals surface area (Å²) in [7, 11) is 0. The van der Waals surface area contributed by atoms with Crippen molar-refractivity contribution in [3.63, 3.8) is 0 Å². The molecule has 2 amide bonds. The van der Waals surface area contributed by atoms with Gasteiger partial charge in [0.25, 0.3) is 11.8 Å². The Morgan fingerprint density at radius 1 is 0.526 bits per heavy atom. The molecule has 57 heavy (non-hydrogen) atoms. The average Bonchev–Trinajstić information content (AvgIpc) is 3.75. The first kappa shape index (κ1) is 40.9. The second-order valence-electron chi connectivity index (χ2n) is 14.8. The Kier molecular flexibility index (Phi) is 15.1. The van der Waals surface area contributed by atoms with Gasteiger partial charge >= 0.3 is 0 Å². The minimum absolute atomic E-state index is 0.0982. The van der Waals surface area contributed by atoms with Crippen molar-refractivity contribution >= 4 is 23.4 Å². The number of benzene rings is 5. The van der Waals surface area contributed by atoms with Gasteiger partial charge in [0, 0.05) is 50.1 Å². The number of fused-ring (bicyclic) bond motifs is 2. The molecule has 294 valence electrons. The Bertz CT molecular complexity index is 2100. The molecule has 0 fully saturated rings. The molecule has 1 N–H and O–H groups in total. The maximum atomic E-state index is 12.7. The van der Waals surface area contributed by atoms with Crippen molar-refractivity contribution < 1.29 is 29.0 Å². The van der Waals surface area contributed by atoms with Gasteiger partial charge in [0.1, 0.15) is 13.2 Å². The number of aliphatic hydroxyl groups excluding tert-OH is 1. The lowest BCUT2D eigenvalue weighted by molar-refractivity contribution is -0.124. The Balaban J connectivity index is 0.000000199. The Labute approximate surface area is 336 Å². The topological polar surface area (TPSA) is 104 Å². The highest BCUT2D eigenvalue weighted by atomic mass is 16.5. The summed E-state index contributed by atoms with van der Waals surface area (Å²) in [6.45, 7) is 3.03. The second-order valence-corrected chi connectivity index (χ2v) is 14.8. The number of unbranched alkanes of at least 4 members (excludes halogenated alkanes) is 4. The van der Waals surface area contributed by atoms with Crippen LogP contribution >= 0.6 is 0 Å². The van der Waals surface area contributed by atoms with Crippen molar-refractivity contribution in [2.45, 2.75) is 71.1 Å². The molecule has 0 unspecified atom stereocenters. The van der Waals surface area contributed by atoms with Gasteiger partial charge in [-0.2, -0.15) is 0 Å². The van der Waals surface area contributed by atoms with Crippen molar-refractivity contribution in [2.24, 2.45) is 0 Å². The van der Waals surface area contributed by atoms with E-state index in [9.17, 15) is 19.2 Å². The minimum Gasteiger partial charge on any atom is -0.389 e. The van der Waals surface area contributed by atoms with Crippen LogP contribution in [0, 0.1) is 0 Å². The van der Waals surface area contributed by atoms with E-state index in [-0.39, 0.29) is 36.6 Å². The molecule has 8 nitrogen and oxygen atoms in total. The van der Waals surface area contributed by atoms with Crippen molar-refractivity contribution in [3.8, 4) is 22.3 Å². The fourth-order valence-electron chi connectivity index (χ4n) is 7.35. The third-order valence-electron chi connectivity index (χ3n) is 10.5. The molecular weight excluding hydrogens is 713 g/mol. The van der Waals surface area contributed by atoms with Crippen molar-refractivity contribution in [1.82, 2.24) is 9.80 Å². The molecule has 5 aromatic rings. The summed E-state index contributed by atoms with van der Waals surface area (Å²) in [4.78, 5) is 52.1. The number of ketones is 2. The van der Waals surface area contributed by atoms with Crippen LogP contribution in [0.1, 0.15) is 88.8 Å². The van der Waals surface area contributed by atoms with E-state index in [4.69, 9.17) is 9.84 Å².